The van der Waals surface area contributed by atoms with Gasteiger partial charge in [0.1, 0.15) is 6.10 Å². The Kier molecular flexibility index (Phi) is 4.73. The lowest BCUT2D eigenvalue weighted by Gasteiger charge is -2.34. The lowest BCUT2D eigenvalue weighted by Crippen LogP contribution is -2.50. The normalized spacial score (nSPS) is 25.6. The van der Waals surface area contributed by atoms with Crippen LogP contribution in [0.4, 0.5) is 13.2 Å². The van der Waals surface area contributed by atoms with Gasteiger partial charge in [0.2, 0.25) is 0 Å². The number of carbonyl (C=O) groups excluding carboxylic acids is 1. The Hall–Kier alpha value is -0.620. The molecule has 0 bridgehead atoms. The average Bonchev–Trinajstić information content (AvgIpc) is 2.17. The summed E-state index contributed by atoms with van der Waals surface area (Å²) in [6.07, 6.45) is -5.76. The van der Waals surface area contributed by atoms with Crippen LogP contribution in [0.15, 0.2) is 0 Å². The third-order valence-corrected chi connectivity index (χ3v) is 2.34. The van der Waals surface area contributed by atoms with Crippen LogP contribution < -0.4 is 0 Å². The predicted molar refractivity (Wildman–Crippen MR) is 50.1 cm³/mol. The van der Waals surface area contributed by atoms with Crippen LogP contribution in [0, 0.1) is 0 Å². The van der Waals surface area contributed by atoms with Crippen molar-refractivity contribution in [2.24, 2.45) is 0 Å². The fourth-order valence-corrected chi connectivity index (χ4v) is 1.50. The van der Waals surface area contributed by atoms with Crippen molar-refractivity contribution in [1.82, 2.24) is 0 Å². The van der Waals surface area contributed by atoms with Crippen LogP contribution in [0.5, 0.6) is 0 Å². The zero-order valence-corrected chi connectivity index (χ0v) is 9.05. The van der Waals surface area contributed by atoms with Crippen molar-refractivity contribution in [2.45, 2.75) is 44.6 Å². The maximum absolute atomic E-state index is 11.8. The second-order valence-corrected chi connectivity index (χ2v) is 3.67. The molecule has 94 valence electrons. The molecular formula is C10H15F3O3. The van der Waals surface area contributed by atoms with E-state index in [-0.39, 0.29) is 31.3 Å². The number of hydrogen-bond acceptors (Lipinski definition) is 3. The Labute approximate surface area is 91.9 Å². The van der Waals surface area contributed by atoms with Crippen LogP contribution in [0.25, 0.3) is 0 Å². The molecule has 0 radical (unpaired) electrons. The summed E-state index contributed by atoms with van der Waals surface area (Å²) >= 11 is 0. The van der Waals surface area contributed by atoms with E-state index in [9.17, 15) is 18.0 Å². The van der Waals surface area contributed by atoms with Crippen molar-refractivity contribution in [2.75, 3.05) is 13.2 Å². The van der Waals surface area contributed by atoms with Crippen molar-refractivity contribution in [1.29, 1.82) is 0 Å². The van der Waals surface area contributed by atoms with Gasteiger partial charge in [-0.2, -0.15) is 13.2 Å². The summed E-state index contributed by atoms with van der Waals surface area (Å²) in [5.74, 6) is -0.0392. The number of halogens is 3. The molecule has 0 aromatic heterocycles. The van der Waals surface area contributed by atoms with Gasteiger partial charge >= 0.3 is 6.18 Å². The molecule has 1 saturated carbocycles. The van der Waals surface area contributed by atoms with Gasteiger partial charge in [0.05, 0.1) is 6.10 Å². The molecule has 0 aliphatic heterocycles. The Morgan fingerprint density at radius 1 is 1.38 bits per heavy atom. The van der Waals surface area contributed by atoms with E-state index in [1.807, 2.05) is 0 Å². The minimum atomic E-state index is -4.14. The van der Waals surface area contributed by atoms with E-state index in [4.69, 9.17) is 9.47 Å². The van der Waals surface area contributed by atoms with E-state index in [1.54, 1.807) is 6.92 Å². The molecule has 1 rings (SSSR count). The van der Waals surface area contributed by atoms with E-state index < -0.39 is 18.7 Å². The zero-order chi connectivity index (χ0) is 12.2. The Morgan fingerprint density at radius 3 is 2.56 bits per heavy atom. The topological polar surface area (TPSA) is 35.5 Å². The van der Waals surface area contributed by atoms with Crippen molar-refractivity contribution in [3.05, 3.63) is 0 Å². The van der Waals surface area contributed by atoms with Gasteiger partial charge in [-0.05, 0) is 13.3 Å². The first-order valence-corrected chi connectivity index (χ1v) is 5.26. The first-order valence-electron chi connectivity index (χ1n) is 5.26. The van der Waals surface area contributed by atoms with Gasteiger partial charge in [-0.25, -0.2) is 0 Å². The molecule has 6 heteroatoms. The number of hydrogen-bond donors (Lipinski definition) is 0. The first kappa shape index (κ1) is 13.4. The third kappa shape index (κ3) is 4.09. The number of alkyl halides is 3. The lowest BCUT2D eigenvalue weighted by atomic mass is 9.90. The fraction of sp³-hybridized carbons (Fsp3) is 0.900. The summed E-state index contributed by atoms with van der Waals surface area (Å²) in [6, 6.07) is 0. The number of ether oxygens (including phenoxy) is 2. The highest BCUT2D eigenvalue weighted by atomic mass is 19.4. The molecule has 2 atom stereocenters. The van der Waals surface area contributed by atoms with E-state index in [2.05, 4.69) is 0 Å². The van der Waals surface area contributed by atoms with Crippen molar-refractivity contribution < 1.29 is 27.4 Å². The van der Waals surface area contributed by atoms with E-state index in [1.165, 1.54) is 0 Å². The van der Waals surface area contributed by atoms with E-state index >= 15 is 0 Å². The highest BCUT2D eigenvalue weighted by molar-refractivity contribution is 5.90. The molecule has 1 aliphatic carbocycles. The molecule has 0 heterocycles. The van der Waals surface area contributed by atoms with Crippen molar-refractivity contribution in [3.63, 3.8) is 0 Å². The highest BCUT2D eigenvalue weighted by Gasteiger charge is 2.41. The van der Waals surface area contributed by atoms with Crippen molar-refractivity contribution >= 4 is 5.78 Å². The SMILES string of the molecule is CCOC1C(=O)CC1OCCCC(F)(F)F. The minimum Gasteiger partial charge on any atom is -0.375 e. The predicted octanol–water partition coefficient (Wildman–Crippen LogP) is 2.09. The molecule has 16 heavy (non-hydrogen) atoms. The number of Topliss-reactive ketones (excluding diaryl/α,β-unsaturated/α-hetero) is 1. The summed E-state index contributed by atoms with van der Waals surface area (Å²) in [7, 11) is 0. The van der Waals surface area contributed by atoms with Gasteiger partial charge in [-0.15, -0.1) is 0 Å². The van der Waals surface area contributed by atoms with Crippen LogP contribution in [-0.4, -0.2) is 37.4 Å². The first-order chi connectivity index (χ1) is 7.44. The fourth-order valence-electron chi connectivity index (χ4n) is 1.50. The average molecular weight is 240 g/mol. The molecule has 0 N–H and O–H groups in total. The van der Waals surface area contributed by atoms with Crippen LogP contribution in [0.1, 0.15) is 26.2 Å². The molecule has 0 spiro atoms. The molecule has 3 nitrogen and oxygen atoms in total. The van der Waals surface area contributed by atoms with Crippen LogP contribution in [0.3, 0.4) is 0 Å². The Morgan fingerprint density at radius 2 is 2.06 bits per heavy atom. The second-order valence-electron chi connectivity index (χ2n) is 3.67. The smallest absolute Gasteiger partial charge is 0.375 e. The molecule has 0 aromatic rings. The maximum Gasteiger partial charge on any atom is 0.389 e. The molecular weight excluding hydrogens is 225 g/mol. The second kappa shape index (κ2) is 5.63. The zero-order valence-electron chi connectivity index (χ0n) is 9.05. The number of ketones is 1. The molecule has 0 amide bonds. The monoisotopic (exact) mass is 240 g/mol. The largest absolute Gasteiger partial charge is 0.389 e. The minimum absolute atomic E-state index is 0.0149. The van der Waals surface area contributed by atoms with Crippen LogP contribution in [-0.2, 0) is 14.3 Å². The quantitative estimate of drug-likeness (QED) is 0.667. The highest BCUT2D eigenvalue weighted by Crippen LogP contribution is 2.25. The van der Waals surface area contributed by atoms with Gasteiger partial charge in [-0.1, -0.05) is 0 Å². The summed E-state index contributed by atoms with van der Waals surface area (Å²) in [5.41, 5.74) is 0. The summed E-state index contributed by atoms with van der Waals surface area (Å²) in [4.78, 5) is 11.0. The van der Waals surface area contributed by atoms with Crippen LogP contribution in [0.2, 0.25) is 0 Å². The van der Waals surface area contributed by atoms with Gasteiger partial charge in [0, 0.05) is 26.1 Å². The summed E-state index contributed by atoms with van der Waals surface area (Å²) < 4.78 is 45.7. The standard InChI is InChI=1S/C10H15F3O3/c1-2-15-9-7(14)6-8(9)16-5-3-4-10(11,12)13/h8-9H,2-6H2,1H3. The number of rotatable bonds is 6. The summed E-state index contributed by atoms with van der Waals surface area (Å²) in [6.45, 7) is 2.17. The lowest BCUT2D eigenvalue weighted by molar-refractivity contribution is -0.168. The van der Waals surface area contributed by atoms with Gasteiger partial charge < -0.3 is 9.47 Å². The molecule has 1 fully saturated rings. The summed E-state index contributed by atoms with van der Waals surface area (Å²) in [5, 5.41) is 0. The van der Waals surface area contributed by atoms with Crippen LogP contribution >= 0.6 is 0 Å². The Balaban J connectivity index is 2.12. The molecule has 1 aliphatic rings. The third-order valence-electron chi connectivity index (χ3n) is 2.34. The Bertz CT molecular complexity index is 240. The van der Waals surface area contributed by atoms with Crippen molar-refractivity contribution in [3.8, 4) is 0 Å². The molecule has 0 saturated heterocycles. The molecule has 2 unspecified atom stereocenters. The van der Waals surface area contributed by atoms with E-state index in [0.29, 0.717) is 6.61 Å². The van der Waals surface area contributed by atoms with Gasteiger partial charge in [0.25, 0.3) is 0 Å². The van der Waals surface area contributed by atoms with Gasteiger partial charge in [-0.3, -0.25) is 4.79 Å². The molecule has 0 aromatic carbocycles. The van der Waals surface area contributed by atoms with E-state index in [0.717, 1.165) is 0 Å². The maximum atomic E-state index is 11.8. The number of carbonyl (C=O) groups is 1. The van der Waals surface area contributed by atoms with Gasteiger partial charge in [0.15, 0.2) is 5.78 Å².